The molecule has 0 bridgehead atoms. The Morgan fingerprint density at radius 3 is 2.72 bits per heavy atom. The number of benzene rings is 1. The molecule has 1 aromatic carbocycles. The van der Waals surface area contributed by atoms with Crippen LogP contribution < -0.4 is 5.73 Å². The van der Waals surface area contributed by atoms with Crippen LogP contribution in [0.5, 0.6) is 0 Å². The summed E-state index contributed by atoms with van der Waals surface area (Å²) in [6, 6.07) is 13.0. The molecule has 4 aromatic heterocycles. The predicted octanol–water partition coefficient (Wildman–Crippen LogP) is 3.84. The number of hydrogen-bond donors (Lipinski definition) is 1. The van der Waals surface area contributed by atoms with Crippen molar-refractivity contribution in [2.75, 3.05) is 0 Å². The second-order valence-corrected chi connectivity index (χ2v) is 11.0. The lowest BCUT2D eigenvalue weighted by atomic mass is 10.2. The molecular formula is C18H13N5O2S4. The van der Waals surface area contributed by atoms with E-state index in [1.54, 1.807) is 17.5 Å². The summed E-state index contributed by atoms with van der Waals surface area (Å²) in [6.45, 7) is 0.408. The zero-order chi connectivity index (χ0) is 20.0. The molecule has 0 unspecified atom stereocenters. The first-order chi connectivity index (χ1) is 14.1. The minimum absolute atomic E-state index is 0.137. The molecule has 4 heterocycles. The van der Waals surface area contributed by atoms with Crippen molar-refractivity contribution >= 4 is 60.1 Å². The highest BCUT2D eigenvalue weighted by Gasteiger charge is 2.28. The van der Waals surface area contributed by atoms with Gasteiger partial charge in [0.05, 0.1) is 10.2 Å². The highest BCUT2D eigenvalue weighted by atomic mass is 32.2. The summed E-state index contributed by atoms with van der Waals surface area (Å²) < 4.78 is 28.7. The summed E-state index contributed by atoms with van der Waals surface area (Å²) >= 11 is 4.14. The van der Waals surface area contributed by atoms with Crippen LogP contribution >= 0.6 is 34.4 Å². The van der Waals surface area contributed by atoms with Crippen LogP contribution in [0.25, 0.3) is 15.9 Å². The van der Waals surface area contributed by atoms with Crippen molar-refractivity contribution in [1.82, 2.24) is 19.8 Å². The standard InChI is InChI=1S/C18H13N5O2S4/c19-10-11-4-1-2-5-13(11)28-17-15-12(7-9-27-15)23-16(20-17)18(21-22-23)29(24,25)14-6-3-8-26-14/h1-9H,10,19H2. The van der Waals surface area contributed by atoms with Crippen molar-refractivity contribution < 1.29 is 8.42 Å². The second kappa shape index (κ2) is 7.18. The van der Waals surface area contributed by atoms with Crippen LogP contribution in [0, 0.1) is 0 Å². The van der Waals surface area contributed by atoms with E-state index in [-0.39, 0.29) is 14.9 Å². The van der Waals surface area contributed by atoms with Crippen LogP contribution in [0.1, 0.15) is 5.56 Å². The number of fused-ring (bicyclic) bond motifs is 3. The Morgan fingerprint density at radius 2 is 1.93 bits per heavy atom. The van der Waals surface area contributed by atoms with Gasteiger partial charge in [-0.2, -0.15) is 4.52 Å². The van der Waals surface area contributed by atoms with Gasteiger partial charge in [0.15, 0.2) is 5.65 Å². The van der Waals surface area contributed by atoms with Gasteiger partial charge in [-0.3, -0.25) is 0 Å². The summed E-state index contributed by atoms with van der Waals surface area (Å²) in [5.74, 6) is 0. The first-order valence-corrected chi connectivity index (χ1v) is 12.5. The maximum Gasteiger partial charge on any atom is 0.238 e. The summed E-state index contributed by atoms with van der Waals surface area (Å²) in [5.41, 5.74) is 7.87. The van der Waals surface area contributed by atoms with E-state index < -0.39 is 9.84 Å². The first kappa shape index (κ1) is 18.7. The molecule has 0 aliphatic heterocycles. The predicted molar refractivity (Wildman–Crippen MR) is 114 cm³/mol. The zero-order valence-electron chi connectivity index (χ0n) is 14.7. The van der Waals surface area contributed by atoms with Crippen molar-refractivity contribution in [3.63, 3.8) is 0 Å². The Balaban J connectivity index is 1.74. The zero-order valence-corrected chi connectivity index (χ0v) is 18.0. The summed E-state index contributed by atoms with van der Waals surface area (Å²) in [4.78, 5) is 5.66. The highest BCUT2D eigenvalue weighted by Crippen LogP contribution is 2.38. The molecule has 0 atom stereocenters. The van der Waals surface area contributed by atoms with Crippen LogP contribution in [-0.4, -0.2) is 28.2 Å². The van der Waals surface area contributed by atoms with Gasteiger partial charge in [-0.25, -0.2) is 13.4 Å². The van der Waals surface area contributed by atoms with Crippen molar-refractivity contribution in [2.45, 2.75) is 25.7 Å². The molecule has 5 aromatic rings. The number of sulfone groups is 1. The second-order valence-electron chi connectivity index (χ2n) is 6.03. The Morgan fingerprint density at radius 1 is 1.07 bits per heavy atom. The first-order valence-electron chi connectivity index (χ1n) is 8.46. The van der Waals surface area contributed by atoms with Gasteiger partial charge in [-0.1, -0.05) is 41.2 Å². The number of hydrogen-bond acceptors (Lipinski definition) is 9. The van der Waals surface area contributed by atoms with Crippen LogP contribution in [-0.2, 0) is 16.4 Å². The minimum atomic E-state index is -3.80. The van der Waals surface area contributed by atoms with Gasteiger partial charge in [0.2, 0.25) is 14.9 Å². The molecule has 29 heavy (non-hydrogen) atoms. The van der Waals surface area contributed by atoms with E-state index in [2.05, 4.69) is 15.3 Å². The summed E-state index contributed by atoms with van der Waals surface area (Å²) in [7, 11) is -3.80. The van der Waals surface area contributed by atoms with E-state index in [9.17, 15) is 8.42 Å². The minimum Gasteiger partial charge on any atom is -0.326 e. The molecular weight excluding hydrogens is 446 g/mol. The summed E-state index contributed by atoms with van der Waals surface area (Å²) in [6.07, 6.45) is 0. The third-order valence-electron chi connectivity index (χ3n) is 4.30. The average molecular weight is 460 g/mol. The Hall–Kier alpha value is -2.31. The number of nitrogens with zero attached hydrogens (tertiary/aromatic N) is 4. The van der Waals surface area contributed by atoms with Gasteiger partial charge in [0.25, 0.3) is 0 Å². The molecule has 0 aliphatic rings. The number of nitrogens with two attached hydrogens (primary N) is 1. The molecule has 11 heteroatoms. The van der Waals surface area contributed by atoms with Crippen LogP contribution in [0.3, 0.4) is 0 Å². The quantitative estimate of drug-likeness (QED) is 0.398. The molecule has 5 rings (SSSR count). The van der Waals surface area contributed by atoms with Gasteiger partial charge in [-0.15, -0.1) is 27.8 Å². The smallest absolute Gasteiger partial charge is 0.238 e. The van der Waals surface area contributed by atoms with Gasteiger partial charge in [0.1, 0.15) is 9.24 Å². The van der Waals surface area contributed by atoms with E-state index in [1.807, 2.05) is 35.7 Å². The maximum atomic E-state index is 13.0. The highest BCUT2D eigenvalue weighted by molar-refractivity contribution is 7.99. The Labute approximate surface area is 178 Å². The normalized spacial score (nSPS) is 12.2. The summed E-state index contributed by atoms with van der Waals surface area (Å²) in [5, 5.41) is 12.3. The topological polar surface area (TPSA) is 103 Å². The van der Waals surface area contributed by atoms with Crippen LogP contribution in [0.2, 0.25) is 0 Å². The van der Waals surface area contributed by atoms with E-state index in [0.717, 1.165) is 32.0 Å². The lowest BCUT2D eigenvalue weighted by Gasteiger charge is -2.08. The van der Waals surface area contributed by atoms with Crippen LogP contribution in [0.15, 0.2) is 72.4 Å². The van der Waals surface area contributed by atoms with E-state index >= 15 is 0 Å². The third-order valence-corrected chi connectivity index (χ3v) is 9.50. The SMILES string of the molecule is NCc1ccccc1Sc1nc2c(S(=O)(=O)c3cccs3)nnn2c2ccsc12. The van der Waals surface area contributed by atoms with Gasteiger partial charge < -0.3 is 5.73 Å². The molecule has 0 saturated carbocycles. The molecule has 0 fully saturated rings. The number of thiophene rings is 2. The fourth-order valence-electron chi connectivity index (χ4n) is 2.93. The molecule has 0 radical (unpaired) electrons. The van der Waals surface area contributed by atoms with Gasteiger partial charge in [-0.05, 0) is 34.5 Å². The molecule has 2 N–H and O–H groups in total. The average Bonchev–Trinajstić information content (AvgIpc) is 3.47. The molecule has 0 amide bonds. The molecule has 0 spiro atoms. The number of aromatic nitrogens is 4. The van der Waals surface area contributed by atoms with Crippen molar-refractivity contribution in [3.8, 4) is 0 Å². The maximum absolute atomic E-state index is 13.0. The molecule has 7 nitrogen and oxygen atoms in total. The van der Waals surface area contributed by atoms with E-state index in [0.29, 0.717) is 11.6 Å². The van der Waals surface area contributed by atoms with E-state index in [1.165, 1.54) is 27.6 Å². The number of rotatable bonds is 5. The molecule has 146 valence electrons. The Kier molecular flexibility index (Phi) is 4.63. The lowest BCUT2D eigenvalue weighted by molar-refractivity contribution is 0.594. The lowest BCUT2D eigenvalue weighted by Crippen LogP contribution is -2.03. The van der Waals surface area contributed by atoms with Crippen molar-refractivity contribution in [1.29, 1.82) is 0 Å². The van der Waals surface area contributed by atoms with Crippen molar-refractivity contribution in [2.24, 2.45) is 5.73 Å². The largest absolute Gasteiger partial charge is 0.326 e. The van der Waals surface area contributed by atoms with Crippen molar-refractivity contribution in [3.05, 3.63) is 58.8 Å². The monoisotopic (exact) mass is 459 g/mol. The molecule has 0 saturated heterocycles. The fourth-order valence-corrected chi connectivity index (χ4v) is 7.24. The van der Waals surface area contributed by atoms with Gasteiger partial charge >= 0.3 is 0 Å². The fraction of sp³-hybridized carbons (Fsp3) is 0.0556. The molecule has 0 aliphatic carbocycles. The van der Waals surface area contributed by atoms with Gasteiger partial charge in [0, 0.05) is 11.4 Å². The third kappa shape index (κ3) is 3.06. The Bertz CT molecular complexity index is 1440. The van der Waals surface area contributed by atoms with E-state index in [4.69, 9.17) is 5.73 Å². The van der Waals surface area contributed by atoms with Crippen LogP contribution in [0.4, 0.5) is 0 Å².